The van der Waals surface area contributed by atoms with Gasteiger partial charge in [0.25, 0.3) is 11.2 Å². The zero-order chi connectivity index (χ0) is 15.5. The van der Waals surface area contributed by atoms with Crippen molar-refractivity contribution in [3.8, 4) is 0 Å². The van der Waals surface area contributed by atoms with Crippen molar-refractivity contribution in [2.45, 2.75) is 0 Å². The molecule has 0 radical (unpaired) electrons. The fraction of sp³-hybridized carbons (Fsp3) is 0. The summed E-state index contributed by atoms with van der Waals surface area (Å²) in [6.45, 7) is 0. The third kappa shape index (κ3) is 2.59. The SMILES string of the molecule is O=c1c2ccccc2ncn1/N=C\c1ccc([N+](=O)[O-])cc1. The first kappa shape index (κ1) is 13.6. The maximum Gasteiger partial charge on any atom is 0.281 e. The molecule has 7 heteroatoms. The van der Waals surface area contributed by atoms with Crippen LogP contribution in [0.1, 0.15) is 5.56 Å². The first-order valence-electron chi connectivity index (χ1n) is 6.40. The highest BCUT2D eigenvalue weighted by Gasteiger charge is 2.03. The van der Waals surface area contributed by atoms with E-state index in [1.54, 1.807) is 36.4 Å². The Balaban J connectivity index is 1.94. The van der Waals surface area contributed by atoms with Crippen LogP contribution in [0.4, 0.5) is 5.69 Å². The van der Waals surface area contributed by atoms with Crippen molar-refractivity contribution in [1.82, 2.24) is 9.66 Å². The molecule has 0 saturated carbocycles. The summed E-state index contributed by atoms with van der Waals surface area (Å²) in [5, 5.41) is 15.1. The quantitative estimate of drug-likeness (QED) is 0.420. The predicted molar refractivity (Wildman–Crippen MR) is 82.1 cm³/mol. The summed E-state index contributed by atoms with van der Waals surface area (Å²) in [6.07, 6.45) is 2.79. The van der Waals surface area contributed by atoms with Gasteiger partial charge in [0.1, 0.15) is 6.33 Å². The number of hydrogen-bond acceptors (Lipinski definition) is 5. The van der Waals surface area contributed by atoms with E-state index >= 15 is 0 Å². The van der Waals surface area contributed by atoms with E-state index in [1.807, 2.05) is 0 Å². The highest BCUT2D eigenvalue weighted by molar-refractivity contribution is 5.80. The summed E-state index contributed by atoms with van der Waals surface area (Å²) in [5.74, 6) is 0. The molecule has 0 saturated heterocycles. The van der Waals surface area contributed by atoms with Crippen LogP contribution in [0.25, 0.3) is 10.9 Å². The van der Waals surface area contributed by atoms with Crippen molar-refractivity contribution < 1.29 is 4.92 Å². The maximum atomic E-state index is 12.2. The van der Waals surface area contributed by atoms with Crippen LogP contribution in [-0.4, -0.2) is 20.8 Å². The molecule has 0 spiro atoms. The maximum absolute atomic E-state index is 12.2. The molecule has 1 heterocycles. The van der Waals surface area contributed by atoms with Gasteiger partial charge in [-0.05, 0) is 29.8 Å². The molecule has 0 N–H and O–H groups in total. The molecule has 3 rings (SSSR count). The molecule has 3 aromatic rings. The lowest BCUT2D eigenvalue weighted by molar-refractivity contribution is -0.384. The average molecular weight is 294 g/mol. The van der Waals surface area contributed by atoms with E-state index in [0.717, 1.165) is 4.68 Å². The minimum atomic E-state index is -0.474. The van der Waals surface area contributed by atoms with Gasteiger partial charge in [-0.3, -0.25) is 14.9 Å². The number of hydrogen-bond donors (Lipinski definition) is 0. The third-order valence-corrected chi connectivity index (χ3v) is 3.08. The molecule has 0 atom stereocenters. The summed E-state index contributed by atoms with van der Waals surface area (Å²) >= 11 is 0. The Bertz CT molecular complexity index is 929. The second-order valence-electron chi connectivity index (χ2n) is 4.50. The first-order chi connectivity index (χ1) is 10.6. The van der Waals surface area contributed by atoms with Crippen molar-refractivity contribution >= 4 is 22.8 Å². The second-order valence-corrected chi connectivity index (χ2v) is 4.50. The van der Waals surface area contributed by atoms with Crippen molar-refractivity contribution in [3.63, 3.8) is 0 Å². The monoisotopic (exact) mass is 294 g/mol. The number of non-ortho nitro benzene ring substituents is 1. The lowest BCUT2D eigenvalue weighted by atomic mass is 10.2. The van der Waals surface area contributed by atoms with Gasteiger partial charge in [-0.15, -0.1) is 0 Å². The van der Waals surface area contributed by atoms with Gasteiger partial charge in [-0.25, -0.2) is 4.98 Å². The molecule has 22 heavy (non-hydrogen) atoms. The smallest absolute Gasteiger partial charge is 0.267 e. The Morgan fingerprint density at radius 1 is 1.14 bits per heavy atom. The second kappa shape index (κ2) is 5.57. The summed E-state index contributed by atoms with van der Waals surface area (Å²) in [5.41, 5.74) is 0.977. The Morgan fingerprint density at radius 3 is 2.59 bits per heavy atom. The molecule has 0 aliphatic rings. The molecule has 0 amide bonds. The van der Waals surface area contributed by atoms with E-state index in [9.17, 15) is 14.9 Å². The largest absolute Gasteiger partial charge is 0.281 e. The Kier molecular flexibility index (Phi) is 3.45. The van der Waals surface area contributed by atoms with Crippen molar-refractivity contribution in [2.24, 2.45) is 5.10 Å². The highest BCUT2D eigenvalue weighted by Crippen LogP contribution is 2.10. The van der Waals surface area contributed by atoms with Crippen LogP contribution in [-0.2, 0) is 0 Å². The van der Waals surface area contributed by atoms with E-state index in [4.69, 9.17) is 0 Å². The summed E-state index contributed by atoms with van der Waals surface area (Å²) in [6, 6.07) is 12.9. The number of benzene rings is 2. The molecular formula is C15H10N4O3. The van der Waals surface area contributed by atoms with Crippen LogP contribution in [0, 0.1) is 10.1 Å². The van der Waals surface area contributed by atoms with E-state index in [1.165, 1.54) is 24.7 Å². The van der Waals surface area contributed by atoms with Gasteiger partial charge in [-0.2, -0.15) is 9.78 Å². The number of fused-ring (bicyclic) bond motifs is 1. The molecule has 0 aliphatic heterocycles. The van der Waals surface area contributed by atoms with Crippen LogP contribution in [0.2, 0.25) is 0 Å². The number of nitro groups is 1. The summed E-state index contributed by atoms with van der Waals surface area (Å²) in [4.78, 5) is 26.5. The summed E-state index contributed by atoms with van der Waals surface area (Å²) in [7, 11) is 0. The number of para-hydroxylation sites is 1. The number of nitrogens with zero attached hydrogens (tertiary/aromatic N) is 4. The Morgan fingerprint density at radius 2 is 1.86 bits per heavy atom. The van der Waals surface area contributed by atoms with Gasteiger partial charge < -0.3 is 0 Å². The van der Waals surface area contributed by atoms with Crippen molar-refractivity contribution in [1.29, 1.82) is 0 Å². The molecule has 0 fully saturated rings. The predicted octanol–water partition coefficient (Wildman–Crippen LogP) is 2.19. The molecule has 0 bridgehead atoms. The molecule has 0 aliphatic carbocycles. The standard InChI is InChI=1S/C15H10N4O3/c20-15-13-3-1-2-4-14(13)16-10-18(15)17-9-11-5-7-12(8-6-11)19(21)22/h1-10H/b17-9-. The van der Waals surface area contributed by atoms with Gasteiger partial charge in [-0.1, -0.05) is 12.1 Å². The topological polar surface area (TPSA) is 90.4 Å². The van der Waals surface area contributed by atoms with Crippen LogP contribution >= 0.6 is 0 Å². The van der Waals surface area contributed by atoms with Crippen molar-refractivity contribution in [2.75, 3.05) is 0 Å². The lowest BCUT2D eigenvalue weighted by Gasteiger charge is -2.00. The van der Waals surface area contributed by atoms with E-state index in [-0.39, 0.29) is 11.2 Å². The normalized spacial score (nSPS) is 11.1. The Labute approximate surface area is 124 Å². The fourth-order valence-corrected chi connectivity index (χ4v) is 1.95. The minimum absolute atomic E-state index is 0.00156. The molecule has 0 unspecified atom stereocenters. The van der Waals surface area contributed by atoms with Gasteiger partial charge in [0.05, 0.1) is 22.0 Å². The van der Waals surface area contributed by atoms with Crippen LogP contribution < -0.4 is 5.56 Å². The van der Waals surface area contributed by atoms with E-state index < -0.39 is 4.92 Å². The van der Waals surface area contributed by atoms with Crippen LogP contribution in [0.5, 0.6) is 0 Å². The van der Waals surface area contributed by atoms with Crippen LogP contribution in [0.15, 0.2) is 64.8 Å². The number of rotatable bonds is 3. The zero-order valence-electron chi connectivity index (χ0n) is 11.3. The molecule has 2 aromatic carbocycles. The van der Waals surface area contributed by atoms with Gasteiger partial charge in [0, 0.05) is 12.1 Å². The first-order valence-corrected chi connectivity index (χ1v) is 6.40. The number of nitro benzene ring substituents is 1. The van der Waals surface area contributed by atoms with Crippen molar-refractivity contribution in [3.05, 3.63) is 80.9 Å². The van der Waals surface area contributed by atoms with Gasteiger partial charge in [0.2, 0.25) is 0 Å². The molecule has 1 aromatic heterocycles. The number of aromatic nitrogens is 2. The molecular weight excluding hydrogens is 284 g/mol. The van der Waals surface area contributed by atoms with Crippen LogP contribution in [0.3, 0.4) is 0 Å². The van der Waals surface area contributed by atoms with E-state index in [0.29, 0.717) is 16.5 Å². The minimum Gasteiger partial charge on any atom is -0.267 e. The van der Waals surface area contributed by atoms with E-state index in [2.05, 4.69) is 10.1 Å². The average Bonchev–Trinajstić information content (AvgIpc) is 2.55. The summed E-state index contributed by atoms with van der Waals surface area (Å²) < 4.78 is 1.13. The Hall–Kier alpha value is -3.35. The van der Waals surface area contributed by atoms with Gasteiger partial charge in [0.15, 0.2) is 0 Å². The third-order valence-electron chi connectivity index (χ3n) is 3.08. The molecule has 7 nitrogen and oxygen atoms in total. The molecule has 108 valence electrons. The van der Waals surface area contributed by atoms with Gasteiger partial charge >= 0.3 is 0 Å². The zero-order valence-corrected chi connectivity index (χ0v) is 11.3. The lowest BCUT2D eigenvalue weighted by Crippen LogP contribution is -2.16. The highest BCUT2D eigenvalue weighted by atomic mass is 16.6. The fourth-order valence-electron chi connectivity index (χ4n) is 1.95.